The number of alkyl halides is 3. The summed E-state index contributed by atoms with van der Waals surface area (Å²) in [5.41, 5.74) is 1.79. The number of hydrogen-bond donors (Lipinski definition) is 3. The molecule has 0 saturated carbocycles. The molecule has 0 aliphatic heterocycles. The van der Waals surface area contributed by atoms with Crippen LogP contribution in [0.5, 0.6) is 0 Å². The van der Waals surface area contributed by atoms with Gasteiger partial charge in [-0.05, 0) is 36.8 Å². The van der Waals surface area contributed by atoms with Gasteiger partial charge in [0.1, 0.15) is 0 Å². The van der Waals surface area contributed by atoms with Crippen LogP contribution in [0.4, 0.5) is 24.7 Å². The molecule has 33 heavy (non-hydrogen) atoms. The van der Waals surface area contributed by atoms with Crippen LogP contribution in [0.1, 0.15) is 12.0 Å². The lowest BCUT2D eigenvalue weighted by Gasteiger charge is -2.13. The minimum absolute atomic E-state index is 0.0529. The molecule has 0 aliphatic carbocycles. The SMILES string of the molecule is CS(=O)(=O)Nc1ccc(-c2cnc3c(NCCCO)nc4cc(C(F)(F)F)ccc4n23)cc1. The van der Waals surface area contributed by atoms with E-state index in [9.17, 15) is 21.6 Å². The Hall–Kier alpha value is -3.38. The monoisotopic (exact) mass is 479 g/mol. The van der Waals surface area contributed by atoms with Gasteiger partial charge < -0.3 is 10.4 Å². The molecule has 8 nitrogen and oxygen atoms in total. The first-order chi connectivity index (χ1) is 15.6. The van der Waals surface area contributed by atoms with Gasteiger partial charge in [-0.25, -0.2) is 18.4 Å². The summed E-state index contributed by atoms with van der Waals surface area (Å²) in [6, 6.07) is 9.86. The minimum atomic E-state index is -4.52. The summed E-state index contributed by atoms with van der Waals surface area (Å²) < 4.78 is 66.8. The minimum Gasteiger partial charge on any atom is -0.396 e. The summed E-state index contributed by atoms with van der Waals surface area (Å²) in [5.74, 6) is 0.289. The van der Waals surface area contributed by atoms with Crippen LogP contribution in [0, 0.1) is 0 Å². The van der Waals surface area contributed by atoms with E-state index >= 15 is 0 Å². The van der Waals surface area contributed by atoms with E-state index < -0.39 is 21.8 Å². The molecule has 2 aromatic heterocycles. The van der Waals surface area contributed by atoms with Gasteiger partial charge in [-0.1, -0.05) is 12.1 Å². The molecule has 3 N–H and O–H groups in total. The van der Waals surface area contributed by atoms with Crippen molar-refractivity contribution < 1.29 is 26.7 Å². The van der Waals surface area contributed by atoms with Gasteiger partial charge in [0.2, 0.25) is 10.0 Å². The Morgan fingerprint density at radius 1 is 1.12 bits per heavy atom. The molecule has 0 amide bonds. The molecule has 4 rings (SSSR count). The largest absolute Gasteiger partial charge is 0.416 e. The summed E-state index contributed by atoms with van der Waals surface area (Å²) in [4.78, 5) is 8.78. The maximum Gasteiger partial charge on any atom is 0.416 e. The molecule has 0 atom stereocenters. The molecule has 174 valence electrons. The van der Waals surface area contributed by atoms with Crippen LogP contribution in [-0.2, 0) is 16.2 Å². The molecular formula is C21H20F3N5O3S. The van der Waals surface area contributed by atoms with Gasteiger partial charge in [-0.3, -0.25) is 9.12 Å². The number of halogens is 3. The van der Waals surface area contributed by atoms with Crippen molar-refractivity contribution in [1.82, 2.24) is 14.4 Å². The Labute approximate surface area is 187 Å². The Balaban J connectivity index is 1.88. The van der Waals surface area contributed by atoms with Gasteiger partial charge in [0.25, 0.3) is 0 Å². The van der Waals surface area contributed by atoms with Crippen molar-refractivity contribution in [2.45, 2.75) is 12.6 Å². The molecule has 4 aromatic rings. The second-order valence-corrected chi connectivity index (χ2v) is 9.17. The third-order valence-corrected chi connectivity index (χ3v) is 5.47. The van der Waals surface area contributed by atoms with Crippen molar-refractivity contribution >= 4 is 38.2 Å². The molecule has 0 aliphatic rings. The van der Waals surface area contributed by atoms with Crippen LogP contribution in [0.25, 0.3) is 27.9 Å². The normalized spacial score (nSPS) is 12.4. The molecule has 0 unspecified atom stereocenters. The predicted octanol–water partition coefficient (Wildman–Crippen LogP) is 3.73. The Kier molecular flexibility index (Phi) is 5.89. The highest BCUT2D eigenvalue weighted by atomic mass is 32.2. The van der Waals surface area contributed by atoms with Gasteiger partial charge in [0, 0.05) is 24.4 Å². The number of imidazole rings is 1. The van der Waals surface area contributed by atoms with Crippen molar-refractivity contribution in [2.75, 3.05) is 29.4 Å². The van der Waals surface area contributed by atoms with Crippen LogP contribution in [-0.4, -0.2) is 47.3 Å². The molecule has 2 heterocycles. The van der Waals surface area contributed by atoms with Gasteiger partial charge in [0.15, 0.2) is 11.5 Å². The highest BCUT2D eigenvalue weighted by Gasteiger charge is 2.31. The number of fused-ring (bicyclic) bond motifs is 3. The van der Waals surface area contributed by atoms with Crippen molar-refractivity contribution in [3.05, 3.63) is 54.2 Å². The van der Waals surface area contributed by atoms with E-state index in [2.05, 4.69) is 20.0 Å². The number of hydrogen-bond acceptors (Lipinski definition) is 6. The summed E-state index contributed by atoms with van der Waals surface area (Å²) in [5, 5.41) is 12.1. The Morgan fingerprint density at radius 3 is 2.48 bits per heavy atom. The maximum absolute atomic E-state index is 13.3. The first kappa shape index (κ1) is 22.8. The fourth-order valence-electron chi connectivity index (χ4n) is 3.44. The van der Waals surface area contributed by atoms with Crippen molar-refractivity contribution in [2.24, 2.45) is 0 Å². The maximum atomic E-state index is 13.3. The molecule has 0 bridgehead atoms. The van der Waals surface area contributed by atoms with Gasteiger partial charge in [-0.2, -0.15) is 13.2 Å². The van der Waals surface area contributed by atoms with Crippen LogP contribution in [0.15, 0.2) is 48.7 Å². The molecular weight excluding hydrogens is 459 g/mol. The van der Waals surface area contributed by atoms with Crippen LogP contribution < -0.4 is 10.0 Å². The number of benzene rings is 2. The van der Waals surface area contributed by atoms with Crippen LogP contribution in [0.2, 0.25) is 0 Å². The van der Waals surface area contributed by atoms with Gasteiger partial charge >= 0.3 is 6.18 Å². The van der Waals surface area contributed by atoms with Gasteiger partial charge in [-0.15, -0.1) is 0 Å². The number of sulfonamides is 1. The Bertz CT molecular complexity index is 1420. The predicted molar refractivity (Wildman–Crippen MR) is 120 cm³/mol. The number of aliphatic hydroxyl groups excluding tert-OH is 1. The molecule has 0 radical (unpaired) electrons. The number of rotatable bonds is 7. The second-order valence-electron chi connectivity index (χ2n) is 7.42. The topological polar surface area (TPSA) is 109 Å². The lowest BCUT2D eigenvalue weighted by atomic mass is 10.1. The van der Waals surface area contributed by atoms with E-state index in [1.54, 1.807) is 34.9 Å². The summed E-state index contributed by atoms with van der Waals surface area (Å²) in [6.07, 6.45) is -1.47. The fourth-order valence-corrected chi connectivity index (χ4v) is 4.01. The smallest absolute Gasteiger partial charge is 0.396 e. The molecule has 0 fully saturated rings. The summed E-state index contributed by atoms with van der Waals surface area (Å²) in [6.45, 7) is 0.306. The zero-order valence-electron chi connectivity index (χ0n) is 17.4. The third-order valence-electron chi connectivity index (χ3n) is 4.86. The number of nitrogens with zero attached hydrogens (tertiary/aromatic N) is 3. The van der Waals surface area contributed by atoms with Crippen LogP contribution in [0.3, 0.4) is 0 Å². The van der Waals surface area contributed by atoms with E-state index in [0.717, 1.165) is 18.4 Å². The van der Waals surface area contributed by atoms with Crippen molar-refractivity contribution in [3.63, 3.8) is 0 Å². The first-order valence-corrected chi connectivity index (χ1v) is 11.8. The lowest BCUT2D eigenvalue weighted by molar-refractivity contribution is -0.137. The quantitative estimate of drug-likeness (QED) is 0.349. The van der Waals surface area contributed by atoms with E-state index in [-0.39, 0.29) is 17.9 Å². The van der Waals surface area contributed by atoms with Crippen LogP contribution >= 0.6 is 0 Å². The first-order valence-electron chi connectivity index (χ1n) is 9.88. The van der Waals surface area contributed by atoms with Gasteiger partial charge in [0.05, 0.1) is 34.7 Å². The highest BCUT2D eigenvalue weighted by Crippen LogP contribution is 2.34. The lowest BCUT2D eigenvalue weighted by Crippen LogP contribution is -2.09. The molecule has 0 spiro atoms. The summed E-state index contributed by atoms with van der Waals surface area (Å²) >= 11 is 0. The van der Waals surface area contributed by atoms with E-state index in [1.807, 2.05) is 0 Å². The average molecular weight is 479 g/mol. The standard InChI is InChI=1S/C21H20F3N5O3S/c1-33(31,32)28-15-6-3-13(4-7-15)18-12-26-20-19(25-9-2-10-30)27-16-11-14(21(22,23)24)5-8-17(16)29(18)20/h3-8,11-12,28,30H,2,9-10H2,1H3,(H,25,27). The zero-order chi connectivity index (χ0) is 23.8. The number of aromatic nitrogens is 3. The van der Waals surface area contributed by atoms with Crippen molar-refractivity contribution in [3.8, 4) is 11.3 Å². The number of nitrogens with one attached hydrogen (secondary N) is 2. The molecule has 12 heteroatoms. The number of anilines is 2. The molecule has 2 aromatic carbocycles. The fraction of sp³-hybridized carbons (Fsp3) is 0.238. The van der Waals surface area contributed by atoms with Crippen molar-refractivity contribution in [1.29, 1.82) is 0 Å². The summed E-state index contributed by atoms with van der Waals surface area (Å²) in [7, 11) is -3.43. The Morgan fingerprint density at radius 2 is 1.85 bits per heavy atom. The number of aliphatic hydroxyl groups is 1. The average Bonchev–Trinajstić information content (AvgIpc) is 3.18. The molecule has 0 saturated heterocycles. The van der Waals surface area contributed by atoms with E-state index in [0.29, 0.717) is 41.1 Å². The van der Waals surface area contributed by atoms with E-state index in [4.69, 9.17) is 5.11 Å². The highest BCUT2D eigenvalue weighted by molar-refractivity contribution is 7.92. The zero-order valence-corrected chi connectivity index (χ0v) is 18.2. The second kappa shape index (κ2) is 8.52. The van der Waals surface area contributed by atoms with E-state index in [1.165, 1.54) is 6.07 Å². The third kappa shape index (κ3) is 4.86.